The number of benzene rings is 1. The summed E-state index contributed by atoms with van der Waals surface area (Å²) in [7, 11) is 0. The van der Waals surface area contributed by atoms with Crippen molar-refractivity contribution in [2.75, 3.05) is 0 Å². The highest BCUT2D eigenvalue weighted by Crippen LogP contribution is 2.26. The van der Waals surface area contributed by atoms with Crippen molar-refractivity contribution >= 4 is 18.0 Å². The van der Waals surface area contributed by atoms with Crippen LogP contribution >= 0.6 is 0 Å². The standard InChI is InChI=1S/C28H46N2O5/c1-9-17-28(33,18-10-2)19-16-22-13-11-12-21(20-22)14-15-23(29-24(31)34-26(3,4)5)30-25(32)35-27(6,7)8/h11-13,20,33H,9-10,14-19H2,1-8H3,(H,29,30,31,32). The van der Waals surface area contributed by atoms with Crippen LogP contribution in [0.3, 0.4) is 0 Å². The molecule has 1 rings (SSSR count). The summed E-state index contributed by atoms with van der Waals surface area (Å²) in [4.78, 5) is 28.5. The molecule has 1 aromatic rings. The zero-order chi connectivity index (χ0) is 26.7. The molecule has 2 amide bonds. The molecule has 0 bridgehead atoms. The summed E-state index contributed by atoms with van der Waals surface area (Å²) in [6, 6.07) is 8.18. The monoisotopic (exact) mass is 490 g/mol. The van der Waals surface area contributed by atoms with Crippen LogP contribution in [0.15, 0.2) is 29.3 Å². The van der Waals surface area contributed by atoms with E-state index in [4.69, 9.17) is 9.47 Å². The molecule has 0 heterocycles. The summed E-state index contributed by atoms with van der Waals surface area (Å²) in [5, 5.41) is 13.5. The van der Waals surface area contributed by atoms with Crippen LogP contribution in [0.2, 0.25) is 0 Å². The molecule has 0 saturated heterocycles. The van der Waals surface area contributed by atoms with Gasteiger partial charge in [-0.15, -0.1) is 0 Å². The third-order valence-electron chi connectivity index (χ3n) is 5.22. The van der Waals surface area contributed by atoms with Crippen LogP contribution in [-0.4, -0.2) is 39.9 Å². The van der Waals surface area contributed by atoms with Gasteiger partial charge in [0.2, 0.25) is 0 Å². The first-order valence-electron chi connectivity index (χ1n) is 12.8. The molecule has 0 saturated carbocycles. The fraction of sp³-hybridized carbons (Fsp3) is 0.679. The van der Waals surface area contributed by atoms with Gasteiger partial charge in [-0.1, -0.05) is 51.0 Å². The number of aliphatic hydroxyl groups is 1. The van der Waals surface area contributed by atoms with E-state index in [1.165, 1.54) is 0 Å². The Hall–Kier alpha value is -2.41. The average molecular weight is 491 g/mol. The average Bonchev–Trinajstić information content (AvgIpc) is 2.68. The zero-order valence-electron chi connectivity index (χ0n) is 23.0. The van der Waals surface area contributed by atoms with Crippen molar-refractivity contribution < 1.29 is 24.2 Å². The number of nitrogens with one attached hydrogen (secondary N) is 1. The van der Waals surface area contributed by atoms with Gasteiger partial charge in [-0.2, -0.15) is 4.99 Å². The number of aliphatic imine (C=N–C) groups is 1. The molecule has 1 aromatic carbocycles. The largest absolute Gasteiger partial charge is 0.444 e. The molecule has 0 aromatic heterocycles. The number of amidine groups is 1. The number of carbonyl (C=O) groups is 2. The lowest BCUT2D eigenvalue weighted by molar-refractivity contribution is 0.0132. The Kier molecular flexibility index (Phi) is 11.9. The number of nitrogens with zero attached hydrogens (tertiary/aromatic N) is 1. The minimum absolute atomic E-state index is 0.194. The molecule has 7 heteroatoms. The summed E-state index contributed by atoms with van der Waals surface area (Å²) < 4.78 is 10.6. The van der Waals surface area contributed by atoms with Crippen molar-refractivity contribution in [1.29, 1.82) is 0 Å². The molecule has 0 radical (unpaired) electrons. The highest BCUT2D eigenvalue weighted by molar-refractivity contribution is 6.00. The van der Waals surface area contributed by atoms with Gasteiger partial charge < -0.3 is 14.6 Å². The van der Waals surface area contributed by atoms with E-state index in [2.05, 4.69) is 36.3 Å². The van der Waals surface area contributed by atoms with Gasteiger partial charge in [0.05, 0.1) is 5.60 Å². The first-order chi connectivity index (χ1) is 16.1. The van der Waals surface area contributed by atoms with Crippen molar-refractivity contribution in [2.24, 2.45) is 4.99 Å². The van der Waals surface area contributed by atoms with Crippen LogP contribution in [0.1, 0.15) is 105 Å². The van der Waals surface area contributed by atoms with E-state index >= 15 is 0 Å². The topological polar surface area (TPSA) is 97.2 Å². The lowest BCUT2D eigenvalue weighted by Gasteiger charge is -2.27. The Balaban J connectivity index is 2.92. The zero-order valence-corrected chi connectivity index (χ0v) is 23.0. The summed E-state index contributed by atoms with van der Waals surface area (Å²) in [5.74, 6) is 0.194. The Bertz CT molecular complexity index is 844. The molecule has 0 aliphatic heterocycles. The Morgan fingerprint density at radius 3 is 1.94 bits per heavy atom. The smallest absolute Gasteiger partial charge is 0.435 e. The molecular formula is C28H46N2O5. The number of carbonyl (C=O) groups excluding carboxylic acids is 2. The van der Waals surface area contributed by atoms with E-state index in [-0.39, 0.29) is 5.84 Å². The first kappa shape index (κ1) is 30.6. The minimum Gasteiger partial charge on any atom is -0.444 e. The highest BCUT2D eigenvalue weighted by Gasteiger charge is 2.24. The molecular weight excluding hydrogens is 444 g/mol. The summed E-state index contributed by atoms with van der Waals surface area (Å²) in [5.41, 5.74) is 0.222. The van der Waals surface area contributed by atoms with Gasteiger partial charge in [-0.25, -0.2) is 9.59 Å². The van der Waals surface area contributed by atoms with E-state index in [9.17, 15) is 14.7 Å². The van der Waals surface area contributed by atoms with Crippen LogP contribution in [0.25, 0.3) is 0 Å². The Labute approximate surface area is 211 Å². The van der Waals surface area contributed by atoms with Gasteiger partial charge in [0.1, 0.15) is 17.0 Å². The van der Waals surface area contributed by atoms with E-state index in [0.717, 1.165) is 49.7 Å². The van der Waals surface area contributed by atoms with Gasteiger partial charge >= 0.3 is 12.2 Å². The minimum atomic E-state index is -0.761. The van der Waals surface area contributed by atoms with Gasteiger partial charge in [0.25, 0.3) is 0 Å². The normalized spacial score (nSPS) is 12.9. The van der Waals surface area contributed by atoms with Gasteiger partial charge in [-0.3, -0.25) is 5.32 Å². The third kappa shape index (κ3) is 13.9. The van der Waals surface area contributed by atoms with E-state index in [1.54, 1.807) is 41.5 Å². The maximum Gasteiger partial charge on any atom is 0.435 e. The van der Waals surface area contributed by atoms with Crippen molar-refractivity contribution in [3.05, 3.63) is 35.4 Å². The summed E-state index contributed by atoms with van der Waals surface area (Å²) >= 11 is 0. The molecule has 0 spiro atoms. The van der Waals surface area contributed by atoms with Crippen LogP contribution in [0.5, 0.6) is 0 Å². The number of hydrogen-bond acceptors (Lipinski definition) is 5. The van der Waals surface area contributed by atoms with E-state index in [0.29, 0.717) is 12.8 Å². The van der Waals surface area contributed by atoms with Crippen molar-refractivity contribution in [3.8, 4) is 0 Å². The molecule has 198 valence electrons. The Morgan fingerprint density at radius 1 is 0.886 bits per heavy atom. The third-order valence-corrected chi connectivity index (χ3v) is 5.22. The quantitative estimate of drug-likeness (QED) is 0.279. The molecule has 0 aliphatic rings. The van der Waals surface area contributed by atoms with E-state index in [1.807, 2.05) is 12.1 Å². The maximum atomic E-state index is 12.3. The van der Waals surface area contributed by atoms with Crippen LogP contribution in [-0.2, 0) is 22.3 Å². The second-order valence-electron chi connectivity index (χ2n) is 11.2. The fourth-order valence-electron chi connectivity index (χ4n) is 3.85. The molecule has 0 unspecified atom stereocenters. The van der Waals surface area contributed by atoms with Crippen LogP contribution < -0.4 is 5.32 Å². The second kappa shape index (κ2) is 13.6. The molecule has 2 N–H and O–H groups in total. The number of alkyl carbamates (subject to hydrolysis) is 1. The van der Waals surface area contributed by atoms with Crippen LogP contribution in [0.4, 0.5) is 9.59 Å². The van der Waals surface area contributed by atoms with Gasteiger partial charge in [0, 0.05) is 6.42 Å². The SMILES string of the molecule is CCCC(O)(CCC)CCc1cccc(CCC(=NC(=O)OC(C)(C)C)NC(=O)OC(C)(C)C)c1. The summed E-state index contributed by atoms with van der Waals surface area (Å²) in [6.07, 6.45) is 4.52. The number of amides is 2. The molecule has 0 aliphatic carbocycles. The predicted molar refractivity (Wildman–Crippen MR) is 141 cm³/mol. The number of aryl methyl sites for hydroxylation is 2. The first-order valence-corrected chi connectivity index (χ1v) is 12.8. The molecule has 7 nitrogen and oxygen atoms in total. The van der Waals surface area contributed by atoms with Crippen molar-refractivity contribution in [1.82, 2.24) is 5.32 Å². The molecule has 0 atom stereocenters. The number of ether oxygens (including phenoxy) is 2. The lowest BCUT2D eigenvalue weighted by atomic mass is 9.86. The molecule has 35 heavy (non-hydrogen) atoms. The van der Waals surface area contributed by atoms with Crippen LogP contribution in [0, 0.1) is 0 Å². The maximum absolute atomic E-state index is 12.3. The molecule has 0 fully saturated rings. The fourth-order valence-corrected chi connectivity index (χ4v) is 3.85. The second-order valence-corrected chi connectivity index (χ2v) is 11.2. The van der Waals surface area contributed by atoms with Crippen molar-refractivity contribution in [2.45, 2.75) is 124 Å². The lowest BCUT2D eigenvalue weighted by Crippen LogP contribution is -2.37. The predicted octanol–water partition coefficient (Wildman–Crippen LogP) is 6.74. The highest BCUT2D eigenvalue weighted by atomic mass is 16.6. The summed E-state index contributed by atoms with van der Waals surface area (Å²) in [6.45, 7) is 14.8. The number of rotatable bonds is 10. The van der Waals surface area contributed by atoms with E-state index < -0.39 is 29.0 Å². The number of hydrogen-bond donors (Lipinski definition) is 2. The Morgan fingerprint density at radius 2 is 1.43 bits per heavy atom. The van der Waals surface area contributed by atoms with Gasteiger partial charge in [0.15, 0.2) is 0 Å². The van der Waals surface area contributed by atoms with Crippen molar-refractivity contribution in [3.63, 3.8) is 0 Å². The van der Waals surface area contributed by atoms with Gasteiger partial charge in [-0.05, 0) is 84.8 Å².